The van der Waals surface area contributed by atoms with Crippen LogP contribution < -0.4 is 0 Å². The van der Waals surface area contributed by atoms with E-state index >= 15 is 0 Å². The van der Waals surface area contributed by atoms with Gasteiger partial charge in [0, 0.05) is 0 Å². The standard InChI is InChI=1S/C12H14O/c1-11(10-13)6-5-9-12-7-3-2-4-8-12/h2-4,6-8,10H,5,9H2,1H3. The van der Waals surface area contributed by atoms with E-state index in [1.807, 2.05) is 31.2 Å². The van der Waals surface area contributed by atoms with Crippen molar-refractivity contribution in [2.75, 3.05) is 0 Å². The average Bonchev–Trinajstić information content (AvgIpc) is 2.19. The first-order valence-electron chi connectivity index (χ1n) is 4.49. The van der Waals surface area contributed by atoms with Crippen molar-refractivity contribution in [2.45, 2.75) is 19.8 Å². The maximum atomic E-state index is 10.3. The second-order valence-corrected chi connectivity index (χ2v) is 3.09. The smallest absolute Gasteiger partial charge is 0.145 e. The highest BCUT2D eigenvalue weighted by atomic mass is 16.1. The molecule has 0 unspecified atom stereocenters. The normalized spacial score (nSPS) is 11.3. The molecule has 1 rings (SSSR count). The van der Waals surface area contributed by atoms with Gasteiger partial charge in [0.25, 0.3) is 0 Å². The molecule has 13 heavy (non-hydrogen) atoms. The van der Waals surface area contributed by atoms with E-state index in [1.54, 1.807) is 0 Å². The van der Waals surface area contributed by atoms with Crippen LogP contribution in [0.2, 0.25) is 0 Å². The molecule has 0 aromatic heterocycles. The first kappa shape index (κ1) is 9.72. The number of benzene rings is 1. The Labute approximate surface area is 79.1 Å². The van der Waals surface area contributed by atoms with Crippen LogP contribution >= 0.6 is 0 Å². The number of carbonyl (C=O) groups excluding carboxylic acids is 1. The van der Waals surface area contributed by atoms with Crippen molar-refractivity contribution in [3.8, 4) is 0 Å². The van der Waals surface area contributed by atoms with Crippen molar-refractivity contribution in [3.63, 3.8) is 0 Å². The summed E-state index contributed by atoms with van der Waals surface area (Å²) in [6.07, 6.45) is 4.81. The highest BCUT2D eigenvalue weighted by Crippen LogP contribution is 2.03. The predicted octanol–water partition coefficient (Wildman–Crippen LogP) is 2.76. The molecular formula is C12H14O. The summed E-state index contributed by atoms with van der Waals surface area (Å²) in [5, 5.41) is 0. The number of hydrogen-bond acceptors (Lipinski definition) is 1. The Hall–Kier alpha value is -1.37. The summed E-state index contributed by atoms with van der Waals surface area (Å²) in [5.74, 6) is 0. The molecule has 1 heteroatoms. The van der Waals surface area contributed by atoms with Crippen LogP contribution in [0.4, 0.5) is 0 Å². The van der Waals surface area contributed by atoms with Gasteiger partial charge < -0.3 is 0 Å². The van der Waals surface area contributed by atoms with Gasteiger partial charge >= 0.3 is 0 Å². The Bertz CT molecular complexity index is 285. The first-order chi connectivity index (χ1) is 6.33. The molecule has 0 radical (unpaired) electrons. The zero-order chi connectivity index (χ0) is 9.52. The summed E-state index contributed by atoms with van der Waals surface area (Å²) in [5.41, 5.74) is 2.13. The fraction of sp³-hybridized carbons (Fsp3) is 0.250. The minimum absolute atomic E-state index is 0.816. The number of carbonyl (C=O) groups is 1. The second-order valence-electron chi connectivity index (χ2n) is 3.09. The fourth-order valence-electron chi connectivity index (χ4n) is 1.16. The molecule has 68 valence electrons. The molecule has 0 saturated carbocycles. The Kier molecular flexibility index (Phi) is 3.97. The van der Waals surface area contributed by atoms with Crippen LogP contribution in [0.5, 0.6) is 0 Å². The highest BCUT2D eigenvalue weighted by Gasteiger charge is 1.89. The molecule has 0 atom stereocenters. The molecule has 0 heterocycles. The third-order valence-corrected chi connectivity index (χ3v) is 1.93. The highest BCUT2D eigenvalue weighted by molar-refractivity contribution is 5.71. The van der Waals surface area contributed by atoms with Gasteiger partial charge in [0.05, 0.1) is 0 Å². The largest absolute Gasteiger partial charge is 0.298 e. The molecule has 0 aliphatic heterocycles. The van der Waals surface area contributed by atoms with E-state index in [4.69, 9.17) is 0 Å². The van der Waals surface area contributed by atoms with Crippen LogP contribution in [0, 0.1) is 0 Å². The van der Waals surface area contributed by atoms with E-state index in [0.717, 1.165) is 24.7 Å². The average molecular weight is 174 g/mol. The molecule has 1 aromatic carbocycles. The third kappa shape index (κ3) is 3.70. The predicted molar refractivity (Wildman–Crippen MR) is 54.6 cm³/mol. The number of hydrogen-bond donors (Lipinski definition) is 0. The lowest BCUT2D eigenvalue weighted by Crippen LogP contribution is -1.83. The summed E-state index contributed by atoms with van der Waals surface area (Å²) in [7, 11) is 0. The number of rotatable bonds is 4. The molecule has 0 N–H and O–H groups in total. The van der Waals surface area contributed by atoms with Gasteiger partial charge in [-0.3, -0.25) is 4.79 Å². The Balaban J connectivity index is 2.40. The molecule has 0 spiro atoms. The summed E-state index contributed by atoms with van der Waals surface area (Å²) in [4.78, 5) is 10.3. The number of allylic oxidation sites excluding steroid dienone is 2. The molecule has 0 aliphatic rings. The van der Waals surface area contributed by atoms with Crippen molar-refractivity contribution in [1.29, 1.82) is 0 Å². The van der Waals surface area contributed by atoms with E-state index in [-0.39, 0.29) is 0 Å². The van der Waals surface area contributed by atoms with Gasteiger partial charge in [-0.05, 0) is 30.9 Å². The van der Waals surface area contributed by atoms with E-state index in [1.165, 1.54) is 5.56 Å². The fourth-order valence-corrected chi connectivity index (χ4v) is 1.16. The molecule has 0 aliphatic carbocycles. The van der Waals surface area contributed by atoms with Gasteiger partial charge in [-0.15, -0.1) is 0 Å². The summed E-state index contributed by atoms with van der Waals surface area (Å²) < 4.78 is 0. The lowest BCUT2D eigenvalue weighted by molar-refractivity contribution is -0.104. The van der Waals surface area contributed by atoms with Crippen molar-refractivity contribution in [1.82, 2.24) is 0 Å². The van der Waals surface area contributed by atoms with Crippen molar-refractivity contribution in [3.05, 3.63) is 47.5 Å². The van der Waals surface area contributed by atoms with Gasteiger partial charge in [-0.2, -0.15) is 0 Å². The van der Waals surface area contributed by atoms with Crippen molar-refractivity contribution >= 4 is 6.29 Å². The molecular weight excluding hydrogens is 160 g/mol. The summed E-state index contributed by atoms with van der Waals surface area (Å²) in [6.45, 7) is 1.83. The molecule has 0 amide bonds. The van der Waals surface area contributed by atoms with E-state index < -0.39 is 0 Å². The van der Waals surface area contributed by atoms with Gasteiger partial charge in [0.2, 0.25) is 0 Å². The lowest BCUT2D eigenvalue weighted by Gasteiger charge is -1.96. The Morgan fingerprint density at radius 2 is 2.00 bits per heavy atom. The van der Waals surface area contributed by atoms with Gasteiger partial charge in [-0.1, -0.05) is 36.4 Å². The van der Waals surface area contributed by atoms with Gasteiger partial charge in [-0.25, -0.2) is 0 Å². The summed E-state index contributed by atoms with van der Waals surface area (Å²) >= 11 is 0. The SMILES string of the molecule is CC(C=O)=CCCc1ccccc1. The van der Waals surface area contributed by atoms with Crippen LogP contribution in [0.3, 0.4) is 0 Å². The maximum Gasteiger partial charge on any atom is 0.145 e. The minimum Gasteiger partial charge on any atom is -0.298 e. The number of aldehydes is 1. The van der Waals surface area contributed by atoms with Gasteiger partial charge in [0.1, 0.15) is 6.29 Å². The monoisotopic (exact) mass is 174 g/mol. The Morgan fingerprint density at radius 1 is 1.31 bits per heavy atom. The summed E-state index contributed by atoms with van der Waals surface area (Å²) in [6, 6.07) is 10.3. The first-order valence-corrected chi connectivity index (χ1v) is 4.49. The van der Waals surface area contributed by atoms with Crippen LogP contribution in [-0.2, 0) is 11.2 Å². The quantitative estimate of drug-likeness (QED) is 0.506. The molecule has 1 nitrogen and oxygen atoms in total. The van der Waals surface area contributed by atoms with E-state index in [0.29, 0.717) is 0 Å². The van der Waals surface area contributed by atoms with Crippen LogP contribution in [-0.4, -0.2) is 6.29 Å². The minimum atomic E-state index is 0.816. The zero-order valence-corrected chi connectivity index (χ0v) is 7.86. The van der Waals surface area contributed by atoms with Crippen molar-refractivity contribution < 1.29 is 4.79 Å². The molecule has 1 aromatic rings. The topological polar surface area (TPSA) is 17.1 Å². The third-order valence-electron chi connectivity index (χ3n) is 1.93. The van der Waals surface area contributed by atoms with Gasteiger partial charge in [0.15, 0.2) is 0 Å². The molecule has 0 fully saturated rings. The molecule has 0 bridgehead atoms. The van der Waals surface area contributed by atoms with E-state index in [2.05, 4.69) is 12.1 Å². The van der Waals surface area contributed by atoms with Crippen LogP contribution in [0.15, 0.2) is 42.0 Å². The van der Waals surface area contributed by atoms with Crippen LogP contribution in [0.25, 0.3) is 0 Å². The maximum absolute atomic E-state index is 10.3. The van der Waals surface area contributed by atoms with E-state index in [9.17, 15) is 4.79 Å². The van der Waals surface area contributed by atoms with Crippen LogP contribution in [0.1, 0.15) is 18.9 Å². The lowest BCUT2D eigenvalue weighted by atomic mass is 10.1. The molecule has 0 saturated heterocycles. The zero-order valence-electron chi connectivity index (χ0n) is 7.86. The number of aryl methyl sites for hydroxylation is 1. The van der Waals surface area contributed by atoms with Crippen molar-refractivity contribution in [2.24, 2.45) is 0 Å². The Morgan fingerprint density at radius 3 is 2.62 bits per heavy atom. The second kappa shape index (κ2) is 5.31.